The minimum Gasteiger partial charge on any atom is -0.423 e. The SMILES string of the molecule is [CH2-][Si](C)(C)O[Si](O)(O[SiH](C)C)O[Si]([CH2-])(C)C.[Y].[Y].[Y].[Y].[Y]. The summed E-state index contributed by atoms with van der Waals surface area (Å²) in [5.41, 5.74) is 0. The molecular formula is C8H24O4Si4Y5-2. The maximum absolute atomic E-state index is 10.3. The molecule has 0 bridgehead atoms. The maximum Gasteiger partial charge on any atom is 0.640 e. The fourth-order valence-electron chi connectivity index (χ4n) is 1.07. The zero-order valence-corrected chi connectivity index (χ0v) is 32.4. The van der Waals surface area contributed by atoms with E-state index in [2.05, 4.69) is 13.1 Å². The normalized spacial score (nSPS) is 11.1. The van der Waals surface area contributed by atoms with Crippen molar-refractivity contribution in [2.24, 2.45) is 0 Å². The minimum absolute atomic E-state index is 0. The van der Waals surface area contributed by atoms with Crippen LogP contribution in [-0.4, -0.2) is 39.5 Å². The molecule has 0 aromatic rings. The molecule has 0 aliphatic carbocycles. The van der Waals surface area contributed by atoms with Gasteiger partial charge in [0.05, 0.1) is 0 Å². The average molecular weight is 741 g/mol. The predicted octanol–water partition coefficient (Wildman–Crippen LogP) is 1.59. The van der Waals surface area contributed by atoms with E-state index in [1.165, 1.54) is 0 Å². The van der Waals surface area contributed by atoms with Crippen LogP contribution in [0, 0.1) is 13.1 Å². The Morgan fingerprint density at radius 2 is 1.00 bits per heavy atom. The van der Waals surface area contributed by atoms with E-state index in [1.54, 1.807) is 0 Å². The monoisotopic (exact) mass is 741 g/mol. The molecule has 0 heterocycles. The molecule has 0 aromatic carbocycles. The molecular weight excluding hydrogens is 717 g/mol. The summed E-state index contributed by atoms with van der Waals surface area (Å²) in [6.07, 6.45) is 0. The molecule has 113 valence electrons. The van der Waals surface area contributed by atoms with Crippen molar-refractivity contribution in [1.82, 2.24) is 0 Å². The largest absolute Gasteiger partial charge is 0.640 e. The smallest absolute Gasteiger partial charge is 0.423 e. The van der Waals surface area contributed by atoms with E-state index < -0.39 is 34.7 Å². The van der Waals surface area contributed by atoms with Gasteiger partial charge in [-0.05, 0) is 13.1 Å². The zero-order valence-electron chi connectivity index (χ0n) is 14.1. The first-order valence-corrected chi connectivity index (χ1v) is 16.0. The molecule has 0 aliphatic rings. The van der Waals surface area contributed by atoms with Crippen molar-refractivity contribution in [1.29, 1.82) is 0 Å². The molecule has 0 amide bonds. The van der Waals surface area contributed by atoms with E-state index in [0.29, 0.717) is 0 Å². The Bertz CT molecular complexity index is 222. The summed E-state index contributed by atoms with van der Waals surface area (Å²) in [6.45, 7) is 19.4. The van der Waals surface area contributed by atoms with Crippen molar-refractivity contribution < 1.29 is 181 Å². The third-order valence-corrected chi connectivity index (χ3v) is 10.8. The predicted molar refractivity (Wildman–Crippen MR) is 75.8 cm³/mol. The third kappa shape index (κ3) is 28.5. The summed E-state index contributed by atoms with van der Waals surface area (Å²) in [5.74, 6) is 0. The number of rotatable bonds is 6. The van der Waals surface area contributed by atoms with Gasteiger partial charge in [0.2, 0.25) is 0 Å². The summed E-state index contributed by atoms with van der Waals surface area (Å²) in [7, 11) is -9.21. The Morgan fingerprint density at radius 1 is 0.762 bits per heavy atom. The first-order chi connectivity index (χ1) is 6.83. The third-order valence-electron chi connectivity index (χ3n) is 1.20. The summed E-state index contributed by atoms with van der Waals surface area (Å²) in [5, 5.41) is 0. The zero-order chi connectivity index (χ0) is 13.2. The van der Waals surface area contributed by atoms with Gasteiger partial charge in [0.15, 0.2) is 9.04 Å². The maximum atomic E-state index is 10.3. The molecule has 0 rings (SSSR count). The van der Waals surface area contributed by atoms with E-state index in [0.717, 1.165) is 0 Å². The van der Waals surface area contributed by atoms with Gasteiger partial charge in [-0.3, -0.25) is 0 Å². The molecule has 0 unspecified atom stereocenters. The fourth-order valence-corrected chi connectivity index (χ4v) is 10.8. The van der Waals surface area contributed by atoms with E-state index in [9.17, 15) is 4.80 Å². The molecule has 0 aromatic heterocycles. The molecule has 0 saturated heterocycles. The van der Waals surface area contributed by atoms with Crippen LogP contribution in [0.2, 0.25) is 39.3 Å². The molecule has 0 saturated carbocycles. The van der Waals surface area contributed by atoms with E-state index in [4.69, 9.17) is 12.3 Å². The van der Waals surface area contributed by atoms with Crippen molar-refractivity contribution in [2.45, 2.75) is 39.3 Å². The summed E-state index contributed by atoms with van der Waals surface area (Å²) in [4.78, 5) is 10.3. The Morgan fingerprint density at radius 3 is 1.14 bits per heavy atom. The Hall–Kier alpha value is 6.23. The fraction of sp³-hybridized carbons (Fsp3) is 0.750. The molecule has 0 atom stereocenters. The van der Waals surface area contributed by atoms with Gasteiger partial charge in [0, 0.05) is 180 Å². The van der Waals surface area contributed by atoms with Gasteiger partial charge in [0.25, 0.3) is 0 Å². The van der Waals surface area contributed by atoms with Gasteiger partial charge in [-0.1, -0.05) is 26.2 Å². The number of hydrogen-bond donors (Lipinski definition) is 1. The van der Waals surface area contributed by atoms with Crippen LogP contribution in [0.5, 0.6) is 0 Å². The van der Waals surface area contributed by atoms with Crippen molar-refractivity contribution in [3.63, 3.8) is 0 Å². The molecule has 5 radical (unpaired) electrons. The van der Waals surface area contributed by atoms with Gasteiger partial charge in [0.1, 0.15) is 0 Å². The van der Waals surface area contributed by atoms with Gasteiger partial charge in [-0.15, -0.1) is 0 Å². The summed E-state index contributed by atoms with van der Waals surface area (Å²) >= 11 is 0. The quantitative estimate of drug-likeness (QED) is 0.333. The Kier molecular flexibility index (Phi) is 36.2. The van der Waals surface area contributed by atoms with Crippen LogP contribution in [0.15, 0.2) is 0 Å². The average Bonchev–Trinajstić information content (AvgIpc) is 1.69. The second kappa shape index (κ2) is 18.3. The van der Waals surface area contributed by atoms with Crippen molar-refractivity contribution in [3.8, 4) is 0 Å². The van der Waals surface area contributed by atoms with Crippen molar-refractivity contribution >= 4 is 34.7 Å². The van der Waals surface area contributed by atoms with E-state index >= 15 is 0 Å². The minimum atomic E-state index is -3.52. The van der Waals surface area contributed by atoms with Crippen LogP contribution in [0.25, 0.3) is 0 Å². The second-order valence-corrected chi connectivity index (χ2v) is 18.2. The van der Waals surface area contributed by atoms with Crippen molar-refractivity contribution in [2.75, 3.05) is 0 Å². The van der Waals surface area contributed by atoms with E-state index in [1.807, 2.05) is 39.3 Å². The molecule has 0 fully saturated rings. The van der Waals surface area contributed by atoms with Crippen LogP contribution < -0.4 is 0 Å². The summed E-state index contributed by atoms with van der Waals surface area (Å²) < 4.78 is 16.8. The second-order valence-electron chi connectivity index (χ2n) is 5.41. The molecule has 13 heteroatoms. The standard InChI is InChI=1S/C8H24O4Si4.5Y/c1-13(2)10-16(9,11-14(3,4)5)12-15(6,7)8;;;;;/h9,13H,3,6H2,1-2,4-5,7-8H3;;;;;/q-2;;;;;. The van der Waals surface area contributed by atoms with Gasteiger partial charge < -0.3 is 30.2 Å². The summed E-state index contributed by atoms with van der Waals surface area (Å²) in [6, 6.07) is 0. The number of hydrogen-bond acceptors (Lipinski definition) is 4. The topological polar surface area (TPSA) is 47.9 Å². The molecule has 1 N–H and O–H groups in total. The molecule has 21 heavy (non-hydrogen) atoms. The van der Waals surface area contributed by atoms with Crippen molar-refractivity contribution in [3.05, 3.63) is 13.1 Å². The van der Waals surface area contributed by atoms with Crippen LogP contribution in [0.1, 0.15) is 0 Å². The molecule has 0 spiro atoms. The first kappa shape index (κ1) is 41.6. The van der Waals surface area contributed by atoms with Crippen LogP contribution in [-0.2, 0) is 176 Å². The van der Waals surface area contributed by atoms with Crippen LogP contribution >= 0.6 is 0 Å². The van der Waals surface area contributed by atoms with Gasteiger partial charge in [-0.2, -0.15) is 0 Å². The van der Waals surface area contributed by atoms with Gasteiger partial charge in [-0.25, -0.2) is 0 Å². The van der Waals surface area contributed by atoms with Gasteiger partial charge >= 0.3 is 9.05 Å². The van der Waals surface area contributed by atoms with Crippen LogP contribution in [0.3, 0.4) is 0 Å². The first-order valence-electron chi connectivity index (χ1n) is 5.34. The van der Waals surface area contributed by atoms with Crippen LogP contribution in [0.4, 0.5) is 0 Å². The molecule has 0 aliphatic heterocycles. The van der Waals surface area contributed by atoms with E-state index in [-0.39, 0.29) is 164 Å². The Balaban J connectivity index is -0.000000112. The Labute approximate surface area is 261 Å². The molecule has 4 nitrogen and oxygen atoms in total.